The number of aryl methyl sites for hydroxylation is 1. The number of H-pyrrole nitrogens is 1. The molecule has 16 heavy (non-hydrogen) atoms. The van der Waals surface area contributed by atoms with E-state index < -0.39 is 0 Å². The SMILES string of the molecule is O=c1[nH]c(-c2ccc3c(c2)CCCO3)cs1. The van der Waals surface area contributed by atoms with Crippen LogP contribution in [0.5, 0.6) is 5.75 Å². The van der Waals surface area contributed by atoms with Gasteiger partial charge in [0.2, 0.25) is 0 Å². The molecule has 2 heterocycles. The molecule has 4 heteroatoms. The van der Waals surface area contributed by atoms with Crippen molar-refractivity contribution < 1.29 is 4.74 Å². The Bertz CT molecular complexity index is 570. The Morgan fingerprint density at radius 3 is 3.12 bits per heavy atom. The van der Waals surface area contributed by atoms with Crippen LogP contribution in [-0.4, -0.2) is 11.6 Å². The second kappa shape index (κ2) is 3.79. The quantitative estimate of drug-likeness (QED) is 0.822. The van der Waals surface area contributed by atoms with E-state index >= 15 is 0 Å². The first-order chi connectivity index (χ1) is 7.83. The monoisotopic (exact) mass is 233 g/mol. The van der Waals surface area contributed by atoms with Crippen LogP contribution in [0.15, 0.2) is 28.4 Å². The Balaban J connectivity index is 2.06. The van der Waals surface area contributed by atoms with Gasteiger partial charge in [0.1, 0.15) is 5.75 Å². The minimum absolute atomic E-state index is 0.0102. The Hall–Kier alpha value is -1.55. The summed E-state index contributed by atoms with van der Waals surface area (Å²) in [4.78, 5) is 13.9. The Morgan fingerprint density at radius 1 is 1.38 bits per heavy atom. The molecule has 1 aliphatic rings. The molecule has 0 saturated heterocycles. The third kappa shape index (κ3) is 1.65. The number of hydrogen-bond donors (Lipinski definition) is 1. The van der Waals surface area contributed by atoms with Gasteiger partial charge in [-0.05, 0) is 42.2 Å². The molecule has 0 atom stereocenters. The van der Waals surface area contributed by atoms with Crippen LogP contribution in [0.2, 0.25) is 0 Å². The summed E-state index contributed by atoms with van der Waals surface area (Å²) in [6.45, 7) is 0.807. The predicted molar refractivity (Wildman–Crippen MR) is 64.2 cm³/mol. The van der Waals surface area contributed by atoms with Crippen LogP contribution in [0.1, 0.15) is 12.0 Å². The van der Waals surface area contributed by atoms with Crippen LogP contribution >= 0.6 is 11.3 Å². The summed E-state index contributed by atoms with van der Waals surface area (Å²) in [5.74, 6) is 0.979. The summed E-state index contributed by atoms with van der Waals surface area (Å²) in [6.07, 6.45) is 2.12. The maximum atomic E-state index is 11.1. The molecule has 0 radical (unpaired) electrons. The minimum atomic E-state index is -0.0102. The minimum Gasteiger partial charge on any atom is -0.493 e. The lowest BCUT2D eigenvalue weighted by Gasteiger charge is -2.17. The van der Waals surface area contributed by atoms with E-state index in [9.17, 15) is 4.79 Å². The molecule has 2 aromatic rings. The van der Waals surface area contributed by atoms with Gasteiger partial charge in [-0.3, -0.25) is 4.79 Å². The summed E-state index contributed by atoms with van der Waals surface area (Å²) >= 11 is 1.19. The maximum absolute atomic E-state index is 11.1. The lowest BCUT2D eigenvalue weighted by atomic mass is 10.0. The maximum Gasteiger partial charge on any atom is 0.304 e. The van der Waals surface area contributed by atoms with Crippen molar-refractivity contribution in [3.63, 3.8) is 0 Å². The lowest BCUT2D eigenvalue weighted by Crippen LogP contribution is -2.08. The fourth-order valence-electron chi connectivity index (χ4n) is 1.95. The second-order valence-corrected chi connectivity index (χ2v) is 4.68. The van der Waals surface area contributed by atoms with Gasteiger partial charge in [-0.15, -0.1) is 0 Å². The van der Waals surface area contributed by atoms with Crippen LogP contribution in [0.25, 0.3) is 11.3 Å². The van der Waals surface area contributed by atoms with Crippen molar-refractivity contribution in [3.05, 3.63) is 38.8 Å². The van der Waals surface area contributed by atoms with E-state index in [1.165, 1.54) is 16.9 Å². The van der Waals surface area contributed by atoms with Gasteiger partial charge >= 0.3 is 4.87 Å². The molecular formula is C12H11NO2S. The van der Waals surface area contributed by atoms with Crippen molar-refractivity contribution in [1.29, 1.82) is 0 Å². The summed E-state index contributed by atoms with van der Waals surface area (Å²) < 4.78 is 5.55. The third-order valence-electron chi connectivity index (χ3n) is 2.74. The number of nitrogens with one attached hydrogen (secondary N) is 1. The molecule has 0 unspecified atom stereocenters. The molecule has 0 bridgehead atoms. The molecule has 1 aromatic carbocycles. The smallest absolute Gasteiger partial charge is 0.304 e. The first-order valence-electron chi connectivity index (χ1n) is 5.27. The first kappa shape index (κ1) is 9.66. The lowest BCUT2D eigenvalue weighted by molar-refractivity contribution is 0.288. The van der Waals surface area contributed by atoms with Gasteiger partial charge in [-0.1, -0.05) is 11.3 Å². The molecule has 1 aliphatic heterocycles. The van der Waals surface area contributed by atoms with E-state index in [-0.39, 0.29) is 4.87 Å². The van der Waals surface area contributed by atoms with Gasteiger partial charge in [-0.2, -0.15) is 0 Å². The molecule has 0 fully saturated rings. The summed E-state index contributed by atoms with van der Waals surface area (Å²) in [5.41, 5.74) is 3.18. The zero-order chi connectivity index (χ0) is 11.0. The molecule has 0 aliphatic carbocycles. The van der Waals surface area contributed by atoms with Crippen LogP contribution in [0.4, 0.5) is 0 Å². The van der Waals surface area contributed by atoms with Crippen molar-refractivity contribution >= 4 is 11.3 Å². The average Bonchev–Trinajstić information content (AvgIpc) is 2.75. The van der Waals surface area contributed by atoms with Crippen molar-refractivity contribution in [2.24, 2.45) is 0 Å². The normalized spacial score (nSPS) is 14.2. The van der Waals surface area contributed by atoms with Crippen molar-refractivity contribution in [1.82, 2.24) is 4.98 Å². The average molecular weight is 233 g/mol. The zero-order valence-electron chi connectivity index (χ0n) is 8.66. The highest BCUT2D eigenvalue weighted by Gasteiger charge is 2.11. The standard InChI is InChI=1S/C12H11NO2S/c14-12-13-10(7-16-12)8-3-4-11-9(6-8)2-1-5-15-11/h3-4,6-7H,1-2,5H2,(H,13,14). The van der Waals surface area contributed by atoms with Gasteiger partial charge < -0.3 is 9.72 Å². The van der Waals surface area contributed by atoms with Crippen LogP contribution in [0, 0.1) is 0 Å². The molecule has 1 aromatic heterocycles. The molecule has 3 rings (SSSR count). The van der Waals surface area contributed by atoms with Crippen LogP contribution < -0.4 is 9.61 Å². The van der Waals surface area contributed by atoms with Crippen molar-refractivity contribution in [3.8, 4) is 17.0 Å². The molecule has 1 N–H and O–H groups in total. The number of aromatic amines is 1. The van der Waals surface area contributed by atoms with Gasteiger partial charge in [0.15, 0.2) is 0 Å². The summed E-state index contributed by atoms with van der Waals surface area (Å²) in [7, 11) is 0. The van der Waals surface area contributed by atoms with Gasteiger partial charge in [-0.25, -0.2) is 0 Å². The topological polar surface area (TPSA) is 42.1 Å². The fourth-order valence-corrected chi connectivity index (χ4v) is 2.54. The van der Waals surface area contributed by atoms with E-state index in [0.717, 1.165) is 36.5 Å². The fraction of sp³-hybridized carbons (Fsp3) is 0.250. The largest absolute Gasteiger partial charge is 0.493 e. The van der Waals surface area contributed by atoms with Crippen molar-refractivity contribution in [2.75, 3.05) is 6.61 Å². The number of rotatable bonds is 1. The third-order valence-corrected chi connectivity index (χ3v) is 3.41. The Kier molecular flexibility index (Phi) is 2.29. The molecule has 0 spiro atoms. The van der Waals surface area contributed by atoms with Gasteiger partial charge in [0.25, 0.3) is 0 Å². The predicted octanol–water partition coefficient (Wildman–Crippen LogP) is 2.43. The number of aromatic nitrogens is 1. The van der Waals surface area contributed by atoms with Crippen LogP contribution in [0.3, 0.4) is 0 Å². The van der Waals surface area contributed by atoms with E-state index in [4.69, 9.17) is 4.74 Å². The zero-order valence-corrected chi connectivity index (χ0v) is 9.47. The number of hydrogen-bond acceptors (Lipinski definition) is 3. The Labute approximate surface area is 96.7 Å². The van der Waals surface area contributed by atoms with Gasteiger partial charge in [0.05, 0.1) is 12.3 Å². The number of benzene rings is 1. The second-order valence-electron chi connectivity index (χ2n) is 3.84. The molecular weight excluding hydrogens is 222 g/mol. The number of fused-ring (bicyclic) bond motifs is 1. The van der Waals surface area contributed by atoms with Gasteiger partial charge in [0, 0.05) is 5.38 Å². The first-order valence-corrected chi connectivity index (χ1v) is 6.15. The summed E-state index contributed by atoms with van der Waals surface area (Å²) in [6, 6.07) is 6.08. The molecule has 0 saturated carbocycles. The van der Waals surface area contributed by atoms with E-state index in [0.29, 0.717) is 0 Å². The highest BCUT2D eigenvalue weighted by molar-refractivity contribution is 7.07. The number of thiazole rings is 1. The van der Waals surface area contributed by atoms with Crippen LogP contribution in [-0.2, 0) is 6.42 Å². The Morgan fingerprint density at radius 2 is 2.31 bits per heavy atom. The van der Waals surface area contributed by atoms with Crippen molar-refractivity contribution in [2.45, 2.75) is 12.8 Å². The van der Waals surface area contributed by atoms with E-state index in [2.05, 4.69) is 11.1 Å². The highest BCUT2D eigenvalue weighted by atomic mass is 32.1. The molecule has 82 valence electrons. The molecule has 3 nitrogen and oxygen atoms in total. The summed E-state index contributed by atoms with van der Waals surface area (Å²) in [5, 5.41) is 1.85. The van der Waals surface area contributed by atoms with E-state index in [1.807, 2.05) is 17.5 Å². The molecule has 0 amide bonds. The number of ether oxygens (including phenoxy) is 1. The van der Waals surface area contributed by atoms with E-state index in [1.54, 1.807) is 0 Å². The highest BCUT2D eigenvalue weighted by Crippen LogP contribution is 2.29.